The molecule has 1 aromatic heterocycles. The van der Waals surface area contributed by atoms with Crippen molar-refractivity contribution in [2.24, 2.45) is 0 Å². The second kappa shape index (κ2) is 8.93. The molecule has 0 saturated heterocycles. The summed E-state index contributed by atoms with van der Waals surface area (Å²) in [7, 11) is 0. The number of carbonyl (C=O) groups excluding carboxylic acids is 1. The van der Waals surface area contributed by atoms with Crippen LogP contribution in [0.4, 0.5) is 10.1 Å². The molecule has 1 aliphatic heterocycles. The van der Waals surface area contributed by atoms with Crippen LogP contribution in [-0.2, 0) is 4.79 Å². The quantitative estimate of drug-likeness (QED) is 0.720. The highest BCUT2D eigenvalue weighted by molar-refractivity contribution is 5.89. The van der Waals surface area contributed by atoms with E-state index in [1.54, 1.807) is 25.3 Å². The molecule has 0 bridgehead atoms. The Morgan fingerprint density at radius 1 is 1.37 bits per heavy atom. The lowest BCUT2D eigenvalue weighted by Crippen LogP contribution is -2.30. The van der Waals surface area contributed by atoms with Crippen LogP contribution >= 0.6 is 0 Å². The van der Waals surface area contributed by atoms with Gasteiger partial charge in [-0.25, -0.2) is 14.4 Å². The summed E-state index contributed by atoms with van der Waals surface area (Å²) in [4.78, 5) is 20.0. The van der Waals surface area contributed by atoms with Crippen LogP contribution < -0.4 is 16.4 Å². The van der Waals surface area contributed by atoms with Crippen molar-refractivity contribution >= 4 is 17.3 Å². The number of halogens is 1. The Kier molecular flexibility index (Phi) is 6.65. The van der Waals surface area contributed by atoms with Gasteiger partial charge in [-0.05, 0) is 30.7 Å². The minimum Gasteiger partial charge on any atom is -0.396 e. The van der Waals surface area contributed by atoms with Gasteiger partial charge in [0.2, 0.25) is 5.91 Å². The third-order valence-electron chi connectivity index (χ3n) is 3.87. The number of nitrogens with zero attached hydrogens (tertiary/aromatic N) is 2. The molecular formula is C20H24FN5O. The third kappa shape index (κ3) is 4.91. The number of carbonyl (C=O) groups is 1. The van der Waals surface area contributed by atoms with Gasteiger partial charge in [-0.3, -0.25) is 4.79 Å². The summed E-state index contributed by atoms with van der Waals surface area (Å²) in [6, 6.07) is 4.75. The molecule has 6 nitrogen and oxygen atoms in total. The number of aromatic nitrogens is 2. The maximum Gasteiger partial charge on any atom is 0.245 e. The number of hydrogen-bond acceptors (Lipinski definition) is 5. The molecule has 1 amide bonds. The number of rotatable bonds is 4. The van der Waals surface area contributed by atoms with Gasteiger partial charge in [-0.1, -0.05) is 20.4 Å². The highest BCUT2D eigenvalue weighted by Gasteiger charge is 2.13. The second-order valence-electron chi connectivity index (χ2n) is 5.77. The number of nitrogens with one attached hydrogen (secondary N) is 2. The number of nitrogen functional groups attached to an aromatic ring is 1. The Hall–Kier alpha value is -3.22. The van der Waals surface area contributed by atoms with E-state index in [0.717, 1.165) is 5.70 Å². The Morgan fingerprint density at radius 2 is 2.11 bits per heavy atom. The lowest BCUT2D eigenvalue weighted by atomic mass is 10.1. The predicted octanol–water partition coefficient (Wildman–Crippen LogP) is 3.16. The first kappa shape index (κ1) is 20.1. The molecule has 0 radical (unpaired) electrons. The zero-order valence-corrected chi connectivity index (χ0v) is 15.8. The number of anilines is 1. The number of aryl methyl sites for hydroxylation is 1. The van der Waals surface area contributed by atoms with E-state index in [0.29, 0.717) is 41.3 Å². The van der Waals surface area contributed by atoms with Crippen LogP contribution in [0.15, 0.2) is 42.7 Å². The van der Waals surface area contributed by atoms with Crippen LogP contribution in [0.2, 0.25) is 0 Å². The van der Waals surface area contributed by atoms with Crippen molar-refractivity contribution in [1.29, 1.82) is 0 Å². The van der Waals surface area contributed by atoms with E-state index in [1.165, 1.54) is 12.1 Å². The maximum absolute atomic E-state index is 13.9. The van der Waals surface area contributed by atoms with Gasteiger partial charge in [0.05, 0.1) is 17.1 Å². The number of benzene rings is 1. The SMILES string of the molecule is C=C(NC1=CC(=O)NCC1)c1ccnc(-c2cc(C)c(N)c(F)c2)n1.CC. The Morgan fingerprint density at radius 3 is 2.78 bits per heavy atom. The molecule has 0 unspecified atom stereocenters. The largest absolute Gasteiger partial charge is 0.396 e. The number of nitrogens with two attached hydrogens (primary N) is 1. The Labute approximate surface area is 158 Å². The first-order valence-electron chi connectivity index (χ1n) is 8.78. The smallest absolute Gasteiger partial charge is 0.245 e. The van der Waals surface area contributed by atoms with Gasteiger partial charge in [-0.15, -0.1) is 0 Å². The van der Waals surface area contributed by atoms with Crippen molar-refractivity contribution in [3.63, 3.8) is 0 Å². The summed E-state index contributed by atoms with van der Waals surface area (Å²) >= 11 is 0. The summed E-state index contributed by atoms with van der Waals surface area (Å²) < 4.78 is 13.9. The molecule has 0 aliphatic carbocycles. The van der Waals surface area contributed by atoms with Gasteiger partial charge in [0.1, 0.15) is 5.82 Å². The van der Waals surface area contributed by atoms with E-state index in [-0.39, 0.29) is 11.6 Å². The predicted molar refractivity (Wildman–Crippen MR) is 106 cm³/mol. The summed E-state index contributed by atoms with van der Waals surface area (Å²) in [5, 5.41) is 5.81. The molecule has 0 atom stereocenters. The summed E-state index contributed by atoms with van der Waals surface area (Å²) in [5.41, 5.74) is 8.79. The van der Waals surface area contributed by atoms with E-state index in [2.05, 4.69) is 27.2 Å². The van der Waals surface area contributed by atoms with Crippen molar-refractivity contribution in [3.8, 4) is 11.4 Å². The minimum atomic E-state index is -0.501. The van der Waals surface area contributed by atoms with E-state index in [9.17, 15) is 9.18 Å². The first-order chi connectivity index (χ1) is 12.9. The fourth-order valence-electron chi connectivity index (χ4n) is 2.51. The van der Waals surface area contributed by atoms with Gasteiger partial charge >= 0.3 is 0 Å². The molecule has 0 spiro atoms. The Balaban J connectivity index is 0.00000126. The van der Waals surface area contributed by atoms with Gasteiger partial charge in [0.25, 0.3) is 0 Å². The van der Waals surface area contributed by atoms with E-state index in [1.807, 2.05) is 13.8 Å². The molecule has 2 heterocycles. The average molecular weight is 369 g/mol. The molecule has 2 aromatic rings. The molecule has 27 heavy (non-hydrogen) atoms. The van der Waals surface area contributed by atoms with E-state index >= 15 is 0 Å². The maximum atomic E-state index is 13.9. The van der Waals surface area contributed by atoms with E-state index < -0.39 is 5.82 Å². The normalized spacial score (nSPS) is 13.0. The topological polar surface area (TPSA) is 92.9 Å². The van der Waals surface area contributed by atoms with Crippen LogP contribution in [0.1, 0.15) is 31.5 Å². The standard InChI is InChI=1S/C18H18FN5O.C2H6/c1-10-7-12(8-14(19)17(10)20)18-22-6-4-15(24-18)11(2)23-13-3-5-21-16(25)9-13;1-2/h4,6-9,23H,2-3,5,20H2,1H3,(H,21,25);1-2H3. The van der Waals surface area contributed by atoms with Crippen LogP contribution in [0.25, 0.3) is 17.1 Å². The molecule has 0 saturated carbocycles. The van der Waals surface area contributed by atoms with Crippen LogP contribution in [-0.4, -0.2) is 22.4 Å². The molecule has 0 fully saturated rings. The highest BCUT2D eigenvalue weighted by Crippen LogP contribution is 2.24. The molecule has 3 rings (SSSR count). The summed E-state index contributed by atoms with van der Waals surface area (Å²) in [6.45, 7) is 10.3. The van der Waals surface area contributed by atoms with Gasteiger partial charge < -0.3 is 16.4 Å². The number of hydrogen-bond donors (Lipinski definition) is 3. The second-order valence-corrected chi connectivity index (χ2v) is 5.77. The third-order valence-corrected chi connectivity index (χ3v) is 3.87. The minimum absolute atomic E-state index is 0.119. The molecule has 4 N–H and O–H groups in total. The fourth-order valence-corrected chi connectivity index (χ4v) is 2.51. The lowest BCUT2D eigenvalue weighted by Gasteiger charge is -2.17. The highest BCUT2D eigenvalue weighted by atomic mass is 19.1. The van der Waals surface area contributed by atoms with Crippen molar-refractivity contribution < 1.29 is 9.18 Å². The summed E-state index contributed by atoms with van der Waals surface area (Å²) in [5.74, 6) is -0.269. The molecule has 1 aliphatic rings. The van der Waals surface area contributed by atoms with Crippen molar-refractivity contribution in [3.05, 3.63) is 59.8 Å². The monoisotopic (exact) mass is 369 g/mol. The molecule has 1 aromatic carbocycles. The van der Waals surface area contributed by atoms with Crippen molar-refractivity contribution in [2.75, 3.05) is 12.3 Å². The van der Waals surface area contributed by atoms with Gasteiger partial charge in [0.15, 0.2) is 5.82 Å². The molecule has 142 valence electrons. The average Bonchev–Trinajstić information content (AvgIpc) is 2.67. The lowest BCUT2D eigenvalue weighted by molar-refractivity contribution is -0.116. The zero-order valence-electron chi connectivity index (χ0n) is 15.8. The van der Waals surface area contributed by atoms with E-state index in [4.69, 9.17) is 5.73 Å². The van der Waals surface area contributed by atoms with Crippen molar-refractivity contribution in [2.45, 2.75) is 27.2 Å². The van der Waals surface area contributed by atoms with Gasteiger partial charge in [-0.2, -0.15) is 0 Å². The molecular weight excluding hydrogens is 345 g/mol. The number of amides is 1. The van der Waals surface area contributed by atoms with Crippen molar-refractivity contribution in [1.82, 2.24) is 20.6 Å². The Bertz CT molecular complexity index is 869. The first-order valence-corrected chi connectivity index (χ1v) is 8.78. The fraction of sp³-hybridized carbons (Fsp3) is 0.250. The van der Waals surface area contributed by atoms with Crippen LogP contribution in [0.3, 0.4) is 0 Å². The van der Waals surface area contributed by atoms with Gasteiger partial charge in [0, 0.05) is 36.5 Å². The van der Waals surface area contributed by atoms with Crippen LogP contribution in [0, 0.1) is 12.7 Å². The van der Waals surface area contributed by atoms with Crippen LogP contribution in [0.5, 0.6) is 0 Å². The summed E-state index contributed by atoms with van der Waals surface area (Å²) in [6.07, 6.45) is 3.76. The zero-order chi connectivity index (χ0) is 20.0. The molecule has 7 heteroatoms.